The van der Waals surface area contributed by atoms with Crippen LogP contribution in [0.2, 0.25) is 0 Å². The zero-order valence-electron chi connectivity index (χ0n) is 23.9. The molecule has 1 aliphatic heterocycles. The standard InChI is InChI=1S/C32H28I2N2O6S/c1-5-41-31(38)27-18(2)35-32-36(28(27)21-11-12-24(39-3)25(16-21)40-4)30(37)26(43-32)15-20-13-22(33)29(23(34)14-20)42-17-19-9-7-6-8-10-19/h6-16,28H,5,17H2,1-4H3/b26-15-/t28-/m1/s1. The molecular weight excluding hydrogens is 794 g/mol. The van der Waals surface area contributed by atoms with Gasteiger partial charge in [0, 0.05) is 0 Å². The number of fused-ring (bicyclic) bond motifs is 1. The van der Waals surface area contributed by atoms with Crippen LogP contribution < -0.4 is 29.1 Å². The van der Waals surface area contributed by atoms with Gasteiger partial charge in [0.25, 0.3) is 5.56 Å². The van der Waals surface area contributed by atoms with Gasteiger partial charge in [-0.2, -0.15) is 0 Å². The third-order valence-electron chi connectivity index (χ3n) is 6.78. The predicted molar refractivity (Wildman–Crippen MR) is 183 cm³/mol. The van der Waals surface area contributed by atoms with Crippen LogP contribution in [0.15, 0.2) is 81.7 Å². The second kappa shape index (κ2) is 13.6. The Morgan fingerprint density at radius 1 is 1.02 bits per heavy atom. The zero-order valence-corrected chi connectivity index (χ0v) is 29.0. The smallest absolute Gasteiger partial charge is 0.338 e. The van der Waals surface area contributed by atoms with Crippen molar-refractivity contribution in [2.24, 2.45) is 4.99 Å². The minimum atomic E-state index is -0.758. The lowest BCUT2D eigenvalue weighted by atomic mass is 9.95. The summed E-state index contributed by atoms with van der Waals surface area (Å²) in [5.41, 5.74) is 3.15. The van der Waals surface area contributed by atoms with E-state index in [1.54, 1.807) is 44.8 Å². The minimum absolute atomic E-state index is 0.195. The summed E-state index contributed by atoms with van der Waals surface area (Å²) in [7, 11) is 3.10. The fraction of sp³-hybridized carbons (Fsp3) is 0.219. The lowest BCUT2D eigenvalue weighted by molar-refractivity contribution is -0.139. The molecule has 0 unspecified atom stereocenters. The van der Waals surface area contributed by atoms with E-state index in [2.05, 4.69) is 50.2 Å². The molecule has 0 aliphatic carbocycles. The molecule has 0 radical (unpaired) electrons. The number of thiazole rings is 1. The first-order valence-corrected chi connectivity index (χ1v) is 16.3. The minimum Gasteiger partial charge on any atom is -0.493 e. The van der Waals surface area contributed by atoms with Gasteiger partial charge in [-0.25, -0.2) is 9.79 Å². The lowest BCUT2D eigenvalue weighted by Gasteiger charge is -2.25. The second-order valence-corrected chi connectivity index (χ2v) is 12.8. The molecule has 4 aromatic rings. The number of halogens is 2. The first-order chi connectivity index (χ1) is 20.7. The monoisotopic (exact) mass is 822 g/mol. The third kappa shape index (κ3) is 6.53. The molecule has 0 amide bonds. The van der Waals surface area contributed by atoms with Crippen molar-refractivity contribution in [3.05, 3.63) is 115 Å². The molecule has 8 nitrogen and oxygen atoms in total. The first kappa shape index (κ1) is 31.3. The molecule has 0 saturated heterocycles. The van der Waals surface area contributed by atoms with Gasteiger partial charge in [0.2, 0.25) is 0 Å². The zero-order chi connectivity index (χ0) is 30.7. The molecule has 0 spiro atoms. The first-order valence-electron chi connectivity index (χ1n) is 13.3. The van der Waals surface area contributed by atoms with Crippen molar-refractivity contribution in [3.8, 4) is 17.2 Å². The SMILES string of the molecule is CCOC(=O)C1=C(C)N=c2s/c(=C\c3cc(I)c(OCc4ccccc4)c(I)c3)c(=O)n2[C@@H]1c1ccc(OC)c(OC)c1. The Balaban J connectivity index is 1.59. The lowest BCUT2D eigenvalue weighted by Crippen LogP contribution is -2.40. The van der Waals surface area contributed by atoms with Crippen LogP contribution in [0.4, 0.5) is 0 Å². The van der Waals surface area contributed by atoms with E-state index < -0.39 is 12.0 Å². The average molecular weight is 822 g/mol. The molecule has 222 valence electrons. The van der Waals surface area contributed by atoms with E-state index >= 15 is 0 Å². The maximum absolute atomic E-state index is 14.0. The van der Waals surface area contributed by atoms with Crippen LogP contribution in [0.5, 0.6) is 17.2 Å². The molecule has 0 N–H and O–H groups in total. The highest BCUT2D eigenvalue weighted by Crippen LogP contribution is 2.36. The number of rotatable bonds is 9. The number of esters is 1. The normalized spacial score (nSPS) is 14.7. The van der Waals surface area contributed by atoms with Crippen LogP contribution in [-0.4, -0.2) is 31.4 Å². The molecule has 1 aromatic heterocycles. The highest BCUT2D eigenvalue weighted by Gasteiger charge is 2.34. The van der Waals surface area contributed by atoms with E-state index in [4.69, 9.17) is 18.9 Å². The number of nitrogens with zero attached hydrogens (tertiary/aromatic N) is 2. The molecule has 1 atom stereocenters. The summed E-state index contributed by atoms with van der Waals surface area (Å²) in [6, 6.07) is 18.6. The highest BCUT2D eigenvalue weighted by atomic mass is 127. The molecular formula is C32H28I2N2O6S. The Morgan fingerprint density at radius 3 is 2.37 bits per heavy atom. The number of allylic oxidation sites excluding steroid dienone is 1. The molecule has 2 heterocycles. The summed E-state index contributed by atoms with van der Waals surface area (Å²) in [6.07, 6.45) is 1.85. The van der Waals surface area contributed by atoms with Crippen molar-refractivity contribution in [1.82, 2.24) is 4.57 Å². The van der Waals surface area contributed by atoms with Crippen molar-refractivity contribution in [1.29, 1.82) is 0 Å². The molecule has 43 heavy (non-hydrogen) atoms. The largest absolute Gasteiger partial charge is 0.493 e. The topological polar surface area (TPSA) is 88.4 Å². The maximum Gasteiger partial charge on any atom is 0.338 e. The van der Waals surface area contributed by atoms with Crippen LogP contribution in [0.3, 0.4) is 0 Å². The number of carbonyl (C=O) groups excluding carboxylic acids is 1. The van der Waals surface area contributed by atoms with Crippen LogP contribution >= 0.6 is 56.5 Å². The fourth-order valence-electron chi connectivity index (χ4n) is 4.81. The average Bonchev–Trinajstić information content (AvgIpc) is 3.29. The Labute approximate surface area is 279 Å². The number of carbonyl (C=O) groups is 1. The molecule has 0 bridgehead atoms. The Hall–Kier alpha value is -3.17. The van der Waals surface area contributed by atoms with Gasteiger partial charge in [-0.1, -0.05) is 47.7 Å². The summed E-state index contributed by atoms with van der Waals surface area (Å²) >= 11 is 5.79. The number of aromatic nitrogens is 1. The number of ether oxygens (including phenoxy) is 4. The van der Waals surface area contributed by atoms with E-state index in [1.807, 2.05) is 54.6 Å². The van der Waals surface area contributed by atoms with Gasteiger partial charge in [-0.15, -0.1) is 0 Å². The molecule has 0 saturated carbocycles. The van der Waals surface area contributed by atoms with Gasteiger partial charge in [-0.3, -0.25) is 9.36 Å². The second-order valence-electron chi connectivity index (χ2n) is 9.50. The summed E-state index contributed by atoms with van der Waals surface area (Å²) in [5, 5.41) is 0. The summed E-state index contributed by atoms with van der Waals surface area (Å²) in [6.45, 7) is 4.16. The van der Waals surface area contributed by atoms with Gasteiger partial charge in [0.05, 0.1) is 49.8 Å². The van der Waals surface area contributed by atoms with Gasteiger partial charge in [0.15, 0.2) is 16.3 Å². The van der Waals surface area contributed by atoms with Gasteiger partial charge < -0.3 is 18.9 Å². The van der Waals surface area contributed by atoms with Crippen molar-refractivity contribution >= 4 is 68.6 Å². The number of hydrogen-bond acceptors (Lipinski definition) is 8. The Bertz CT molecular complexity index is 1880. The van der Waals surface area contributed by atoms with Crippen LogP contribution in [0, 0.1) is 7.14 Å². The van der Waals surface area contributed by atoms with Gasteiger partial charge >= 0.3 is 5.97 Å². The number of methoxy groups -OCH3 is 2. The molecule has 1 aliphatic rings. The molecule has 3 aromatic carbocycles. The van der Waals surface area contributed by atoms with E-state index in [9.17, 15) is 9.59 Å². The molecule has 11 heteroatoms. The Kier molecular flexibility index (Phi) is 9.92. The van der Waals surface area contributed by atoms with Crippen molar-refractivity contribution in [2.45, 2.75) is 26.5 Å². The van der Waals surface area contributed by atoms with E-state index in [0.29, 0.717) is 44.3 Å². The predicted octanol–water partition coefficient (Wildman–Crippen LogP) is 5.60. The number of hydrogen-bond donors (Lipinski definition) is 0. The molecule has 0 fully saturated rings. The summed E-state index contributed by atoms with van der Waals surface area (Å²) < 4.78 is 26.4. The van der Waals surface area contributed by atoms with Gasteiger partial charge in [-0.05, 0) is 106 Å². The van der Waals surface area contributed by atoms with E-state index in [1.165, 1.54) is 11.3 Å². The molecule has 5 rings (SSSR count). The van der Waals surface area contributed by atoms with Crippen molar-refractivity contribution in [3.63, 3.8) is 0 Å². The van der Waals surface area contributed by atoms with Crippen LogP contribution in [0.1, 0.15) is 36.6 Å². The van der Waals surface area contributed by atoms with E-state index in [-0.39, 0.29) is 12.2 Å². The maximum atomic E-state index is 14.0. The Morgan fingerprint density at radius 2 is 1.72 bits per heavy atom. The fourth-order valence-corrected chi connectivity index (χ4v) is 7.99. The van der Waals surface area contributed by atoms with Crippen molar-refractivity contribution < 1.29 is 23.7 Å². The van der Waals surface area contributed by atoms with Crippen LogP contribution in [-0.2, 0) is 16.1 Å². The quantitative estimate of drug-likeness (QED) is 0.162. The number of benzene rings is 3. The summed E-state index contributed by atoms with van der Waals surface area (Å²) in [5.74, 6) is 1.30. The van der Waals surface area contributed by atoms with E-state index in [0.717, 1.165) is 24.0 Å². The van der Waals surface area contributed by atoms with Crippen LogP contribution in [0.25, 0.3) is 6.08 Å². The van der Waals surface area contributed by atoms with Gasteiger partial charge in [0.1, 0.15) is 12.4 Å². The summed E-state index contributed by atoms with van der Waals surface area (Å²) in [4.78, 5) is 32.4. The highest BCUT2D eigenvalue weighted by molar-refractivity contribution is 14.1. The third-order valence-corrected chi connectivity index (χ3v) is 9.37. The van der Waals surface area contributed by atoms with Crippen molar-refractivity contribution in [2.75, 3.05) is 20.8 Å².